The van der Waals surface area contributed by atoms with E-state index in [9.17, 15) is 0 Å². The Labute approximate surface area is 122 Å². The predicted octanol–water partition coefficient (Wildman–Crippen LogP) is 4.56. The van der Waals surface area contributed by atoms with Crippen LogP contribution in [0, 0.1) is 5.92 Å². The third-order valence-electron chi connectivity index (χ3n) is 4.22. The lowest BCUT2D eigenvalue weighted by Crippen LogP contribution is -2.19. The Bertz CT molecular complexity index is 373. The molecule has 0 radical (unpaired) electrons. The minimum atomic E-state index is 0.188. The minimum Gasteiger partial charge on any atom is -0.323 e. The molecule has 0 saturated heterocycles. The summed E-state index contributed by atoms with van der Waals surface area (Å²) < 4.78 is 0. The summed E-state index contributed by atoms with van der Waals surface area (Å²) in [5, 5.41) is 0.838. The van der Waals surface area contributed by atoms with Gasteiger partial charge in [-0.2, -0.15) is 11.8 Å². The van der Waals surface area contributed by atoms with Gasteiger partial charge in [-0.25, -0.2) is 0 Å². The summed E-state index contributed by atoms with van der Waals surface area (Å²) in [6, 6.07) is 9.01. The molecule has 1 aromatic rings. The van der Waals surface area contributed by atoms with E-state index in [1.807, 2.05) is 0 Å². The van der Waals surface area contributed by atoms with Gasteiger partial charge in [-0.05, 0) is 36.3 Å². The Balaban J connectivity index is 1.81. The fourth-order valence-electron chi connectivity index (χ4n) is 2.87. The average Bonchev–Trinajstić information content (AvgIpc) is 2.45. The average molecular weight is 277 g/mol. The van der Waals surface area contributed by atoms with Gasteiger partial charge in [0.25, 0.3) is 0 Å². The van der Waals surface area contributed by atoms with Gasteiger partial charge in [0, 0.05) is 17.0 Å². The van der Waals surface area contributed by atoms with E-state index in [-0.39, 0.29) is 6.04 Å². The lowest BCUT2D eigenvalue weighted by atomic mass is 9.91. The molecule has 19 heavy (non-hydrogen) atoms. The molecule has 106 valence electrons. The summed E-state index contributed by atoms with van der Waals surface area (Å²) in [6.07, 6.45) is 6.69. The largest absolute Gasteiger partial charge is 0.323 e. The van der Waals surface area contributed by atoms with Crippen LogP contribution < -0.4 is 5.73 Å². The fraction of sp³-hybridized carbons (Fsp3) is 0.647. The number of hydrogen-bond acceptors (Lipinski definition) is 2. The zero-order chi connectivity index (χ0) is 13.7. The maximum Gasteiger partial charge on any atom is 0.0386 e. The monoisotopic (exact) mass is 277 g/mol. The summed E-state index contributed by atoms with van der Waals surface area (Å²) in [6.45, 7) is 4.57. The van der Waals surface area contributed by atoms with Crippen molar-refractivity contribution in [2.75, 3.05) is 5.75 Å². The van der Waals surface area contributed by atoms with Crippen LogP contribution >= 0.6 is 11.8 Å². The molecule has 1 nitrogen and oxygen atoms in total. The van der Waals surface area contributed by atoms with Crippen molar-refractivity contribution < 1.29 is 0 Å². The first kappa shape index (κ1) is 14.9. The van der Waals surface area contributed by atoms with Crippen molar-refractivity contribution in [3.63, 3.8) is 0 Å². The number of rotatable bonds is 5. The van der Waals surface area contributed by atoms with Crippen LogP contribution in [0.4, 0.5) is 0 Å². The SMILES string of the molecule is CCc1ccc(C(N)CSC2CCCC(C)C2)cc1. The van der Waals surface area contributed by atoms with Gasteiger partial charge in [-0.1, -0.05) is 51.0 Å². The molecule has 0 heterocycles. The number of thioether (sulfide) groups is 1. The molecule has 1 aliphatic carbocycles. The number of hydrogen-bond donors (Lipinski definition) is 1. The third-order valence-corrected chi connectivity index (χ3v) is 5.67. The molecule has 3 atom stereocenters. The summed E-state index contributed by atoms with van der Waals surface area (Å²) in [5.74, 6) is 1.97. The van der Waals surface area contributed by atoms with E-state index in [0.717, 1.165) is 23.3 Å². The lowest BCUT2D eigenvalue weighted by molar-refractivity contribution is 0.394. The van der Waals surface area contributed by atoms with E-state index in [0.29, 0.717) is 0 Å². The molecule has 1 saturated carbocycles. The quantitative estimate of drug-likeness (QED) is 0.853. The van der Waals surface area contributed by atoms with E-state index in [2.05, 4.69) is 49.9 Å². The van der Waals surface area contributed by atoms with Crippen molar-refractivity contribution in [2.45, 2.75) is 57.2 Å². The molecule has 1 aromatic carbocycles. The van der Waals surface area contributed by atoms with E-state index < -0.39 is 0 Å². The van der Waals surface area contributed by atoms with E-state index in [1.54, 1.807) is 0 Å². The Hall–Kier alpha value is -0.470. The molecule has 0 bridgehead atoms. The Kier molecular flexibility index (Phi) is 5.77. The summed E-state index contributed by atoms with van der Waals surface area (Å²) in [4.78, 5) is 0. The first-order valence-corrected chi connectivity index (χ1v) is 8.70. The molecule has 0 aromatic heterocycles. The Morgan fingerprint density at radius 1 is 1.26 bits per heavy atom. The molecular formula is C17H27NS. The summed E-state index contributed by atoms with van der Waals surface area (Å²) in [7, 11) is 0. The molecule has 2 N–H and O–H groups in total. The van der Waals surface area contributed by atoms with Crippen molar-refractivity contribution in [1.82, 2.24) is 0 Å². The van der Waals surface area contributed by atoms with E-state index in [1.165, 1.54) is 36.8 Å². The van der Waals surface area contributed by atoms with Crippen molar-refractivity contribution in [1.29, 1.82) is 0 Å². The van der Waals surface area contributed by atoms with Crippen LogP contribution in [-0.2, 0) is 6.42 Å². The van der Waals surface area contributed by atoms with Crippen molar-refractivity contribution >= 4 is 11.8 Å². The van der Waals surface area contributed by atoms with Crippen LogP contribution in [0.1, 0.15) is 56.7 Å². The van der Waals surface area contributed by atoms with Crippen LogP contribution in [0.5, 0.6) is 0 Å². The predicted molar refractivity (Wildman–Crippen MR) is 86.6 cm³/mol. The highest BCUT2D eigenvalue weighted by molar-refractivity contribution is 7.99. The molecule has 1 aliphatic rings. The van der Waals surface area contributed by atoms with Gasteiger partial charge >= 0.3 is 0 Å². The fourth-order valence-corrected chi connectivity index (χ4v) is 4.34. The molecular weight excluding hydrogens is 250 g/mol. The third kappa shape index (κ3) is 4.54. The zero-order valence-corrected chi connectivity index (χ0v) is 13.1. The molecule has 1 fully saturated rings. The lowest BCUT2D eigenvalue weighted by Gasteiger charge is -2.27. The topological polar surface area (TPSA) is 26.0 Å². The van der Waals surface area contributed by atoms with Gasteiger partial charge in [-0.15, -0.1) is 0 Å². The molecule has 3 unspecified atom stereocenters. The standard InChI is InChI=1S/C17H27NS/c1-3-14-7-9-15(10-8-14)17(18)12-19-16-6-4-5-13(2)11-16/h7-10,13,16-17H,3-6,11-12,18H2,1-2H3. The highest BCUT2D eigenvalue weighted by Crippen LogP contribution is 2.33. The number of aryl methyl sites for hydroxylation is 1. The van der Waals surface area contributed by atoms with Gasteiger partial charge in [0.05, 0.1) is 0 Å². The molecule has 0 amide bonds. The van der Waals surface area contributed by atoms with Gasteiger partial charge in [-0.3, -0.25) is 0 Å². The first-order valence-electron chi connectivity index (χ1n) is 7.65. The Morgan fingerprint density at radius 3 is 2.63 bits per heavy atom. The van der Waals surface area contributed by atoms with Crippen molar-refractivity contribution in [3.05, 3.63) is 35.4 Å². The van der Waals surface area contributed by atoms with E-state index >= 15 is 0 Å². The van der Waals surface area contributed by atoms with Crippen LogP contribution in [0.3, 0.4) is 0 Å². The first-order chi connectivity index (χ1) is 9.19. The Morgan fingerprint density at radius 2 is 2.00 bits per heavy atom. The second-order valence-electron chi connectivity index (χ2n) is 5.93. The summed E-state index contributed by atoms with van der Waals surface area (Å²) >= 11 is 2.09. The van der Waals surface area contributed by atoms with Crippen LogP contribution in [0.25, 0.3) is 0 Å². The van der Waals surface area contributed by atoms with Crippen LogP contribution in [0.15, 0.2) is 24.3 Å². The van der Waals surface area contributed by atoms with Gasteiger partial charge in [0.1, 0.15) is 0 Å². The van der Waals surface area contributed by atoms with Gasteiger partial charge < -0.3 is 5.73 Å². The molecule has 2 heteroatoms. The smallest absolute Gasteiger partial charge is 0.0386 e. The highest BCUT2D eigenvalue weighted by Gasteiger charge is 2.20. The van der Waals surface area contributed by atoms with Crippen LogP contribution in [0.2, 0.25) is 0 Å². The second kappa shape index (κ2) is 7.35. The van der Waals surface area contributed by atoms with Crippen molar-refractivity contribution in [3.8, 4) is 0 Å². The minimum absolute atomic E-state index is 0.188. The number of benzene rings is 1. The molecule has 2 rings (SSSR count). The highest BCUT2D eigenvalue weighted by atomic mass is 32.2. The molecule has 0 spiro atoms. The maximum absolute atomic E-state index is 6.32. The van der Waals surface area contributed by atoms with E-state index in [4.69, 9.17) is 5.73 Å². The van der Waals surface area contributed by atoms with Crippen molar-refractivity contribution in [2.24, 2.45) is 11.7 Å². The van der Waals surface area contributed by atoms with Gasteiger partial charge in [0.15, 0.2) is 0 Å². The molecule has 0 aliphatic heterocycles. The number of nitrogens with two attached hydrogens (primary N) is 1. The zero-order valence-electron chi connectivity index (χ0n) is 12.3. The normalized spacial score (nSPS) is 25.2. The summed E-state index contributed by atoms with van der Waals surface area (Å²) in [5.41, 5.74) is 9.00. The van der Waals surface area contributed by atoms with Crippen LogP contribution in [-0.4, -0.2) is 11.0 Å². The second-order valence-corrected chi connectivity index (χ2v) is 7.26. The maximum atomic E-state index is 6.32. The van der Waals surface area contributed by atoms with Gasteiger partial charge in [0.2, 0.25) is 0 Å².